The number of rotatable bonds is 3. The minimum atomic E-state index is -0.0677. The van der Waals surface area contributed by atoms with Crippen LogP contribution in [0, 0.1) is 23.7 Å². The van der Waals surface area contributed by atoms with Crippen molar-refractivity contribution in [3.63, 3.8) is 0 Å². The molecule has 1 aromatic carbocycles. The van der Waals surface area contributed by atoms with Gasteiger partial charge in [-0.05, 0) is 50.5 Å². The average Bonchev–Trinajstić information content (AvgIpc) is 3.18. The van der Waals surface area contributed by atoms with Crippen LogP contribution in [0.5, 0.6) is 0 Å². The summed E-state index contributed by atoms with van der Waals surface area (Å²) in [6.45, 7) is 4.78. The van der Waals surface area contributed by atoms with Crippen molar-refractivity contribution in [2.75, 3.05) is 6.54 Å². The highest BCUT2D eigenvalue weighted by Crippen LogP contribution is 2.60. The first-order valence-electron chi connectivity index (χ1n) is 8.66. The first kappa shape index (κ1) is 14.7. The highest BCUT2D eigenvalue weighted by atomic mass is 16.2. The summed E-state index contributed by atoms with van der Waals surface area (Å²) in [5.41, 5.74) is 3.92. The monoisotopic (exact) mass is 309 g/mol. The van der Waals surface area contributed by atoms with Crippen molar-refractivity contribution >= 4 is 11.8 Å². The minimum absolute atomic E-state index is 0.0677. The van der Waals surface area contributed by atoms with Gasteiger partial charge in [0.1, 0.15) is 0 Å². The van der Waals surface area contributed by atoms with Crippen molar-refractivity contribution < 1.29 is 9.59 Å². The molecule has 2 bridgehead atoms. The molecule has 0 aromatic heterocycles. The van der Waals surface area contributed by atoms with Crippen LogP contribution in [0.1, 0.15) is 32.3 Å². The molecule has 3 aliphatic rings. The molecule has 2 saturated carbocycles. The highest BCUT2D eigenvalue weighted by molar-refractivity contribution is 6.06. The van der Waals surface area contributed by atoms with Gasteiger partial charge in [-0.3, -0.25) is 14.5 Å². The number of carbonyl (C=O) groups excluding carboxylic acids is 2. The van der Waals surface area contributed by atoms with Crippen molar-refractivity contribution in [2.24, 2.45) is 23.7 Å². The summed E-state index contributed by atoms with van der Waals surface area (Å²) in [7, 11) is 0. The maximum Gasteiger partial charge on any atom is 0.233 e. The number of benzene rings is 1. The van der Waals surface area contributed by atoms with E-state index < -0.39 is 0 Å². The van der Waals surface area contributed by atoms with Crippen LogP contribution in [0.2, 0.25) is 0 Å². The third-order valence-electron chi connectivity index (χ3n) is 5.99. The fourth-order valence-corrected chi connectivity index (χ4v) is 5.16. The Morgan fingerprint density at radius 2 is 1.57 bits per heavy atom. The molecule has 2 aliphatic carbocycles. The van der Waals surface area contributed by atoms with Crippen molar-refractivity contribution in [1.29, 1.82) is 0 Å². The lowest BCUT2D eigenvalue weighted by molar-refractivity contribution is -0.140. The Bertz CT molecular complexity index is 655. The maximum absolute atomic E-state index is 12.9. The SMILES string of the molecule is CC(C)=C1[C@H]2CC[C@H]1[C@H]1C(=O)N(CCc3ccccc3)C(=O)[C@H]12. The molecule has 0 unspecified atom stereocenters. The highest BCUT2D eigenvalue weighted by Gasteiger charge is 2.63. The smallest absolute Gasteiger partial charge is 0.233 e. The maximum atomic E-state index is 12.9. The van der Waals surface area contributed by atoms with Crippen LogP contribution >= 0.6 is 0 Å². The predicted octanol–water partition coefficient (Wildman–Crippen LogP) is 3.21. The standard InChI is InChI=1S/C20H23NO2/c1-12(2)16-14-8-9-15(16)18-17(14)19(22)21(20(18)23)11-10-13-6-4-3-5-7-13/h3-7,14-15,17-18H,8-11H2,1-2H3/t14-,15-,17-,18+/m1/s1. The summed E-state index contributed by atoms with van der Waals surface area (Å²) in [5.74, 6) is 0.689. The lowest BCUT2D eigenvalue weighted by Gasteiger charge is -2.19. The Hall–Kier alpha value is -1.90. The zero-order valence-electron chi connectivity index (χ0n) is 13.8. The van der Waals surface area contributed by atoms with Crippen molar-refractivity contribution in [3.8, 4) is 0 Å². The normalized spacial score (nSPS) is 31.9. The van der Waals surface area contributed by atoms with Crippen molar-refractivity contribution in [2.45, 2.75) is 33.1 Å². The Morgan fingerprint density at radius 1 is 1.00 bits per heavy atom. The largest absolute Gasteiger partial charge is 0.282 e. The van der Waals surface area contributed by atoms with Gasteiger partial charge in [0.05, 0.1) is 11.8 Å². The number of amides is 2. The number of hydrogen-bond donors (Lipinski definition) is 0. The zero-order valence-corrected chi connectivity index (χ0v) is 13.8. The number of fused-ring (bicyclic) bond motifs is 5. The van der Waals surface area contributed by atoms with E-state index in [1.807, 2.05) is 18.2 Å². The zero-order chi connectivity index (χ0) is 16.1. The van der Waals surface area contributed by atoms with Gasteiger partial charge in [-0.25, -0.2) is 0 Å². The van der Waals surface area contributed by atoms with Crippen LogP contribution in [0.25, 0.3) is 0 Å². The molecule has 1 aliphatic heterocycles. The van der Waals surface area contributed by atoms with E-state index in [1.165, 1.54) is 16.7 Å². The van der Waals surface area contributed by atoms with Crippen molar-refractivity contribution in [1.82, 2.24) is 4.90 Å². The first-order chi connectivity index (χ1) is 11.1. The van der Waals surface area contributed by atoms with E-state index in [2.05, 4.69) is 26.0 Å². The topological polar surface area (TPSA) is 37.4 Å². The molecular formula is C20H23NO2. The van der Waals surface area contributed by atoms with Crippen LogP contribution in [0.15, 0.2) is 41.5 Å². The number of likely N-dealkylation sites (tertiary alicyclic amines) is 1. The molecule has 4 rings (SSSR count). The number of imide groups is 1. The molecule has 1 aromatic rings. The number of nitrogens with zero attached hydrogens (tertiary/aromatic N) is 1. The van der Waals surface area contributed by atoms with E-state index in [4.69, 9.17) is 0 Å². The molecule has 3 nitrogen and oxygen atoms in total. The second-order valence-corrected chi connectivity index (χ2v) is 7.36. The molecule has 0 radical (unpaired) electrons. The molecule has 1 heterocycles. The van der Waals surface area contributed by atoms with Gasteiger partial charge < -0.3 is 0 Å². The summed E-state index contributed by atoms with van der Waals surface area (Å²) >= 11 is 0. The molecular weight excluding hydrogens is 286 g/mol. The second-order valence-electron chi connectivity index (χ2n) is 7.36. The van der Waals surface area contributed by atoms with Crippen LogP contribution in [-0.4, -0.2) is 23.3 Å². The molecule has 0 spiro atoms. The van der Waals surface area contributed by atoms with Gasteiger partial charge in [0.15, 0.2) is 0 Å². The van der Waals surface area contributed by atoms with Crippen LogP contribution in [0.4, 0.5) is 0 Å². The lowest BCUT2D eigenvalue weighted by atomic mass is 9.81. The molecule has 3 heteroatoms. The lowest BCUT2D eigenvalue weighted by Crippen LogP contribution is -2.34. The fraction of sp³-hybridized carbons (Fsp3) is 0.500. The molecule has 3 fully saturated rings. The first-order valence-corrected chi connectivity index (χ1v) is 8.66. The predicted molar refractivity (Wildman–Crippen MR) is 88.4 cm³/mol. The Labute approximate surface area is 137 Å². The van der Waals surface area contributed by atoms with Gasteiger partial charge in [0.2, 0.25) is 11.8 Å². The molecule has 0 N–H and O–H groups in total. The van der Waals surface area contributed by atoms with E-state index in [0.717, 1.165) is 19.3 Å². The molecule has 23 heavy (non-hydrogen) atoms. The van der Waals surface area contributed by atoms with Gasteiger partial charge in [-0.1, -0.05) is 41.5 Å². The third kappa shape index (κ3) is 2.09. The van der Waals surface area contributed by atoms with Crippen LogP contribution < -0.4 is 0 Å². The summed E-state index contributed by atoms with van der Waals surface area (Å²) in [4.78, 5) is 27.3. The Balaban J connectivity index is 1.55. The quantitative estimate of drug-likeness (QED) is 0.635. The third-order valence-corrected chi connectivity index (χ3v) is 5.99. The fourth-order valence-electron chi connectivity index (χ4n) is 5.16. The van der Waals surface area contributed by atoms with Gasteiger partial charge in [0, 0.05) is 6.54 Å². The van der Waals surface area contributed by atoms with Crippen LogP contribution in [-0.2, 0) is 16.0 Å². The number of carbonyl (C=O) groups is 2. The number of allylic oxidation sites excluding steroid dienone is 2. The summed E-state index contributed by atoms with van der Waals surface area (Å²) in [5, 5.41) is 0. The number of hydrogen-bond acceptors (Lipinski definition) is 2. The Morgan fingerprint density at radius 3 is 2.09 bits per heavy atom. The molecule has 120 valence electrons. The van der Waals surface area contributed by atoms with Gasteiger partial charge in [-0.2, -0.15) is 0 Å². The molecule has 4 atom stereocenters. The van der Waals surface area contributed by atoms with E-state index in [1.54, 1.807) is 4.90 Å². The molecule has 1 saturated heterocycles. The van der Waals surface area contributed by atoms with E-state index in [-0.39, 0.29) is 23.7 Å². The van der Waals surface area contributed by atoms with Gasteiger partial charge in [0.25, 0.3) is 0 Å². The van der Waals surface area contributed by atoms with Gasteiger partial charge in [-0.15, -0.1) is 0 Å². The van der Waals surface area contributed by atoms with Gasteiger partial charge >= 0.3 is 0 Å². The minimum Gasteiger partial charge on any atom is -0.282 e. The second kappa shape index (κ2) is 5.33. The summed E-state index contributed by atoms with van der Waals surface area (Å²) in [6, 6.07) is 10.1. The van der Waals surface area contributed by atoms with Crippen LogP contribution in [0.3, 0.4) is 0 Å². The van der Waals surface area contributed by atoms with Crippen molar-refractivity contribution in [3.05, 3.63) is 47.0 Å². The average molecular weight is 309 g/mol. The van der Waals surface area contributed by atoms with E-state index in [0.29, 0.717) is 18.4 Å². The molecule has 2 amide bonds. The summed E-state index contributed by atoms with van der Waals surface area (Å²) in [6.07, 6.45) is 2.92. The Kier molecular flexibility index (Phi) is 3.40. The van der Waals surface area contributed by atoms with E-state index in [9.17, 15) is 9.59 Å². The summed E-state index contributed by atoms with van der Waals surface area (Å²) < 4.78 is 0. The van der Waals surface area contributed by atoms with E-state index >= 15 is 0 Å².